The van der Waals surface area contributed by atoms with E-state index in [0.29, 0.717) is 14.9 Å². The van der Waals surface area contributed by atoms with E-state index in [9.17, 15) is 9.90 Å². The smallest absolute Gasteiger partial charge is 0.271 e. The van der Waals surface area contributed by atoms with Gasteiger partial charge < -0.3 is 5.11 Å². The monoisotopic (exact) mass is 688 g/mol. The summed E-state index contributed by atoms with van der Waals surface area (Å²) in [6.45, 7) is 0. The van der Waals surface area contributed by atoms with E-state index in [4.69, 9.17) is 4.99 Å². The second kappa shape index (κ2) is 8.76. The van der Waals surface area contributed by atoms with Gasteiger partial charge in [0.1, 0.15) is 5.75 Å². The number of thiazole rings is 1. The van der Waals surface area contributed by atoms with E-state index in [0.717, 1.165) is 36.8 Å². The van der Waals surface area contributed by atoms with Gasteiger partial charge in [0, 0.05) is 14.7 Å². The highest BCUT2D eigenvalue weighted by Gasteiger charge is 2.32. The van der Waals surface area contributed by atoms with Gasteiger partial charge in [0.05, 0.1) is 19.8 Å². The minimum absolute atomic E-state index is 0.0729. The molecular weight excluding hydrogens is 670 g/mol. The fourth-order valence-corrected chi connectivity index (χ4v) is 7.68. The summed E-state index contributed by atoms with van der Waals surface area (Å²) in [5.41, 5.74) is 6.30. The predicted octanol–water partition coefficient (Wildman–Crippen LogP) is 5.23. The molecule has 2 aliphatic rings. The summed E-state index contributed by atoms with van der Waals surface area (Å²) in [4.78, 5) is 19.5. The standard InChI is InChI=1S/C27H18I2N2O2S/c28-18-12-17(25(32)21(29)14-18)13-22-26(33)31-24(16-7-2-1-3-8-16)20-11-10-15-6-4-5-9-19(15)23(20)30-27(31)34-22/h1-9,12-14,24,32H,10-11H2/b22-13+/t24-/m0/s1. The van der Waals surface area contributed by atoms with Crippen molar-refractivity contribution >= 4 is 68.3 Å². The summed E-state index contributed by atoms with van der Waals surface area (Å²) in [6.07, 6.45) is 3.60. The molecule has 4 aromatic rings. The van der Waals surface area contributed by atoms with Crippen LogP contribution in [0.3, 0.4) is 0 Å². The lowest BCUT2D eigenvalue weighted by Crippen LogP contribution is -2.38. The SMILES string of the molecule is O=c1/c(=C\c2cc(I)cc(I)c2O)sc2n1[C@@H](c1ccccc1)C1=C(N=2)c2ccccc2CC1. The van der Waals surface area contributed by atoms with Crippen LogP contribution in [0.25, 0.3) is 11.8 Å². The number of hydrogen-bond acceptors (Lipinski definition) is 4. The second-order valence-electron chi connectivity index (χ2n) is 8.35. The molecule has 7 heteroatoms. The third kappa shape index (κ3) is 3.68. The molecular formula is C27H18I2N2O2S. The number of aromatic hydroxyl groups is 1. The van der Waals surface area contributed by atoms with Gasteiger partial charge in [0.15, 0.2) is 4.80 Å². The average Bonchev–Trinajstić information content (AvgIpc) is 3.16. The van der Waals surface area contributed by atoms with Crippen LogP contribution in [-0.2, 0) is 6.42 Å². The molecule has 34 heavy (non-hydrogen) atoms. The van der Waals surface area contributed by atoms with Crippen molar-refractivity contribution in [2.75, 3.05) is 0 Å². The first kappa shape index (κ1) is 22.2. The normalized spacial score (nSPS) is 17.1. The molecule has 168 valence electrons. The van der Waals surface area contributed by atoms with Crippen molar-refractivity contribution in [1.82, 2.24) is 4.57 Å². The van der Waals surface area contributed by atoms with Crippen LogP contribution in [0.2, 0.25) is 0 Å². The topological polar surface area (TPSA) is 54.6 Å². The summed E-state index contributed by atoms with van der Waals surface area (Å²) >= 11 is 5.73. The third-order valence-electron chi connectivity index (χ3n) is 6.33. The van der Waals surface area contributed by atoms with E-state index in [2.05, 4.69) is 81.6 Å². The molecule has 0 unspecified atom stereocenters. The molecule has 1 aromatic heterocycles. The van der Waals surface area contributed by atoms with Gasteiger partial charge in [-0.15, -0.1) is 0 Å². The van der Waals surface area contributed by atoms with E-state index in [1.54, 1.807) is 6.08 Å². The van der Waals surface area contributed by atoms with Crippen molar-refractivity contribution in [1.29, 1.82) is 0 Å². The molecule has 0 saturated carbocycles. The molecule has 0 bridgehead atoms. The predicted molar refractivity (Wildman–Crippen MR) is 153 cm³/mol. The maximum Gasteiger partial charge on any atom is 0.271 e. The lowest BCUT2D eigenvalue weighted by molar-refractivity contribution is 0.470. The Morgan fingerprint density at radius 2 is 1.79 bits per heavy atom. The van der Waals surface area contributed by atoms with E-state index < -0.39 is 0 Å². The van der Waals surface area contributed by atoms with Gasteiger partial charge in [-0.25, -0.2) is 4.99 Å². The summed E-state index contributed by atoms with van der Waals surface area (Å²) in [5, 5.41) is 10.6. The Bertz CT molecular complexity index is 1670. The molecule has 3 aromatic carbocycles. The third-order valence-corrected chi connectivity index (χ3v) is 8.76. The molecule has 0 saturated heterocycles. The number of rotatable bonds is 2. The second-order valence-corrected chi connectivity index (χ2v) is 11.8. The number of fused-ring (bicyclic) bond motifs is 3. The van der Waals surface area contributed by atoms with E-state index in [1.165, 1.54) is 22.5 Å². The first-order valence-electron chi connectivity index (χ1n) is 10.9. The number of aromatic nitrogens is 1. The summed E-state index contributed by atoms with van der Waals surface area (Å²) in [5.74, 6) is 0.194. The Kier molecular flexibility index (Phi) is 5.73. The molecule has 6 rings (SSSR count). The molecule has 1 aliphatic heterocycles. The number of phenolic OH excluding ortho intramolecular Hbond substituents is 1. The first-order valence-corrected chi connectivity index (χ1v) is 13.8. The molecule has 1 N–H and O–H groups in total. The number of hydrogen-bond donors (Lipinski definition) is 1. The Morgan fingerprint density at radius 1 is 1.03 bits per heavy atom. The van der Waals surface area contributed by atoms with E-state index >= 15 is 0 Å². The van der Waals surface area contributed by atoms with Gasteiger partial charge in [0.2, 0.25) is 0 Å². The lowest BCUT2D eigenvalue weighted by Gasteiger charge is -2.30. The quantitative estimate of drug-likeness (QED) is 0.294. The number of aryl methyl sites for hydroxylation is 1. The van der Waals surface area contributed by atoms with Gasteiger partial charge in [-0.3, -0.25) is 9.36 Å². The summed E-state index contributed by atoms with van der Waals surface area (Å²) < 4.78 is 4.18. The number of allylic oxidation sites excluding steroid dienone is 1. The first-order chi connectivity index (χ1) is 16.5. The van der Waals surface area contributed by atoms with E-state index in [-0.39, 0.29) is 17.4 Å². The van der Waals surface area contributed by atoms with Crippen molar-refractivity contribution in [3.63, 3.8) is 0 Å². The number of nitrogens with zero attached hydrogens (tertiary/aromatic N) is 2. The highest BCUT2D eigenvalue weighted by atomic mass is 127. The highest BCUT2D eigenvalue weighted by Crippen LogP contribution is 2.41. The Morgan fingerprint density at radius 3 is 2.62 bits per heavy atom. The zero-order chi connectivity index (χ0) is 23.4. The van der Waals surface area contributed by atoms with E-state index in [1.807, 2.05) is 34.9 Å². The van der Waals surface area contributed by atoms with Crippen LogP contribution < -0.4 is 14.9 Å². The number of halogens is 2. The average molecular weight is 688 g/mol. The molecule has 4 nitrogen and oxygen atoms in total. The van der Waals surface area contributed by atoms with Crippen molar-refractivity contribution in [3.8, 4) is 5.75 Å². The van der Waals surface area contributed by atoms with Crippen LogP contribution in [0.1, 0.15) is 34.7 Å². The summed E-state index contributed by atoms with van der Waals surface area (Å²) in [7, 11) is 0. The molecule has 2 heterocycles. The minimum atomic E-state index is -0.187. The van der Waals surface area contributed by atoms with Crippen molar-refractivity contribution in [3.05, 3.63) is 121 Å². The van der Waals surface area contributed by atoms with Gasteiger partial charge in [0.25, 0.3) is 5.56 Å². The zero-order valence-corrected chi connectivity index (χ0v) is 23.0. The molecule has 1 atom stereocenters. The Hall–Kier alpha value is -2.24. The fraction of sp³-hybridized carbons (Fsp3) is 0.111. The summed E-state index contributed by atoms with van der Waals surface area (Å²) in [6, 6.07) is 22.3. The Balaban J connectivity index is 1.64. The highest BCUT2D eigenvalue weighted by molar-refractivity contribution is 14.1. The van der Waals surface area contributed by atoms with Crippen LogP contribution >= 0.6 is 56.5 Å². The van der Waals surface area contributed by atoms with Gasteiger partial charge in [-0.05, 0) is 92.9 Å². The number of benzene rings is 3. The Labute approximate surface area is 227 Å². The maximum absolute atomic E-state index is 13.8. The van der Waals surface area contributed by atoms with Crippen molar-refractivity contribution in [2.24, 2.45) is 4.99 Å². The van der Waals surface area contributed by atoms with Crippen LogP contribution in [0.15, 0.2) is 82.1 Å². The zero-order valence-electron chi connectivity index (χ0n) is 17.8. The van der Waals surface area contributed by atoms with Gasteiger partial charge >= 0.3 is 0 Å². The minimum Gasteiger partial charge on any atom is -0.506 e. The molecule has 0 spiro atoms. The van der Waals surface area contributed by atoms with Crippen molar-refractivity contribution < 1.29 is 5.11 Å². The number of phenols is 1. The van der Waals surface area contributed by atoms with Crippen LogP contribution in [0, 0.1) is 7.14 Å². The van der Waals surface area contributed by atoms with Gasteiger partial charge in [-0.2, -0.15) is 0 Å². The molecule has 0 amide bonds. The largest absolute Gasteiger partial charge is 0.506 e. The maximum atomic E-state index is 13.8. The molecule has 0 radical (unpaired) electrons. The molecule has 1 aliphatic carbocycles. The van der Waals surface area contributed by atoms with Crippen LogP contribution in [0.4, 0.5) is 0 Å². The van der Waals surface area contributed by atoms with Crippen LogP contribution in [0.5, 0.6) is 5.75 Å². The lowest BCUT2D eigenvalue weighted by atomic mass is 9.83. The fourth-order valence-electron chi connectivity index (χ4n) is 4.79. The van der Waals surface area contributed by atoms with Crippen LogP contribution in [-0.4, -0.2) is 9.67 Å². The molecule has 0 fully saturated rings. The van der Waals surface area contributed by atoms with Crippen molar-refractivity contribution in [2.45, 2.75) is 18.9 Å². The van der Waals surface area contributed by atoms with Gasteiger partial charge in [-0.1, -0.05) is 65.9 Å².